The fourth-order valence-electron chi connectivity index (χ4n) is 0.619. The van der Waals surface area contributed by atoms with Crippen LogP contribution in [-0.4, -0.2) is 8.77 Å². The molecular weight excluding hydrogens is 390 g/mol. The smallest absolute Gasteiger partial charge is 0.241 e. The Morgan fingerprint density at radius 2 is 2.36 bits per heavy atom. The zero-order valence-electron chi connectivity index (χ0n) is 5.52. The van der Waals surface area contributed by atoms with Gasteiger partial charge in [0.25, 0.3) is 0 Å². The lowest BCUT2D eigenvalue weighted by atomic mass is 10.4. The molecule has 0 aliphatic rings. The number of aryl methyl sites for hydroxylation is 1. The molecule has 0 saturated heterocycles. The summed E-state index contributed by atoms with van der Waals surface area (Å²) in [5.41, 5.74) is 0.565. The van der Waals surface area contributed by atoms with Crippen molar-refractivity contribution in [1.29, 1.82) is 0 Å². The highest BCUT2D eigenvalue weighted by molar-refractivity contribution is 14.1. The lowest BCUT2D eigenvalue weighted by Gasteiger charge is -1.85. The molecule has 0 spiro atoms. The molecule has 0 aliphatic carbocycles. The molecule has 6 heteroatoms. The lowest BCUT2D eigenvalue weighted by molar-refractivity contribution is 0.110. The largest absolute Gasteiger partial charge is 0.304 e. The monoisotopic (exact) mass is 394 g/mol. The van der Waals surface area contributed by atoms with E-state index in [-0.39, 0.29) is 3.79 Å². The predicted molar refractivity (Wildman–Crippen MR) is 62.8 cm³/mol. The average Bonchev–Trinajstić information content (AvgIpc) is 2.30. The average molecular weight is 394 g/mol. The van der Waals surface area contributed by atoms with Crippen molar-refractivity contribution < 1.29 is 4.79 Å². The second kappa shape index (κ2) is 3.99. The second-order valence-corrected chi connectivity index (χ2v) is 4.51. The molecule has 0 atom stereocenters. The third-order valence-corrected chi connectivity index (χ3v) is 3.34. The number of nitrogens with zero attached hydrogens (tertiary/aromatic N) is 1. The summed E-state index contributed by atoms with van der Waals surface area (Å²) in [6, 6.07) is 0. The van der Waals surface area contributed by atoms with Crippen molar-refractivity contribution in [3.8, 4) is 0 Å². The van der Waals surface area contributed by atoms with E-state index in [1.54, 1.807) is 22.6 Å². The van der Waals surface area contributed by atoms with Crippen molar-refractivity contribution in [2.75, 3.05) is 3.53 Å². The summed E-state index contributed by atoms with van der Waals surface area (Å²) in [6.07, 6.45) is 0. The Labute approximate surface area is 95.6 Å². The van der Waals surface area contributed by atoms with Gasteiger partial charge in [-0.3, -0.25) is 4.79 Å². The molecule has 0 aliphatic heterocycles. The van der Waals surface area contributed by atoms with Gasteiger partial charge in [0.05, 0.1) is 22.9 Å². The van der Waals surface area contributed by atoms with Gasteiger partial charge in [-0.25, -0.2) is 4.98 Å². The number of nitrogens with one attached hydrogen (secondary N) is 1. The summed E-state index contributed by atoms with van der Waals surface area (Å²) in [7, 11) is 0. The third-order valence-electron chi connectivity index (χ3n) is 1.06. The number of hydrogen-bond acceptors (Lipinski definition) is 4. The van der Waals surface area contributed by atoms with E-state index in [2.05, 4.69) is 8.51 Å². The van der Waals surface area contributed by atoms with Crippen LogP contribution in [0.25, 0.3) is 0 Å². The van der Waals surface area contributed by atoms with Crippen molar-refractivity contribution in [2.45, 2.75) is 6.92 Å². The minimum Gasteiger partial charge on any atom is -0.304 e. The number of carbonyl (C=O) groups excluding carboxylic acids is 1. The van der Waals surface area contributed by atoms with E-state index in [0.29, 0.717) is 5.69 Å². The molecule has 1 aromatic rings. The lowest BCUT2D eigenvalue weighted by Crippen LogP contribution is -1.90. The van der Waals surface area contributed by atoms with Crippen LogP contribution in [0.15, 0.2) is 0 Å². The first-order chi connectivity index (χ1) is 5.15. The summed E-state index contributed by atoms with van der Waals surface area (Å²) < 4.78 is 2.86. The highest BCUT2D eigenvalue weighted by Crippen LogP contribution is 2.24. The normalized spacial score (nSPS) is 9.73. The predicted octanol–water partition coefficient (Wildman–Crippen LogP) is 2.79. The maximum absolute atomic E-state index is 10.9. The maximum Gasteiger partial charge on any atom is 0.241 e. The molecule has 0 aromatic carbocycles. The van der Waals surface area contributed by atoms with Crippen molar-refractivity contribution in [3.05, 3.63) is 10.6 Å². The Bertz CT molecular complexity index is 286. The van der Waals surface area contributed by atoms with Gasteiger partial charge in [-0.15, -0.1) is 11.3 Å². The Morgan fingerprint density at radius 1 is 1.73 bits per heavy atom. The Balaban J connectivity index is 3.07. The van der Waals surface area contributed by atoms with Crippen LogP contribution in [0.5, 0.6) is 0 Å². The number of halogens is 2. The second-order valence-electron chi connectivity index (χ2n) is 1.79. The molecule has 1 N–H and O–H groups in total. The third kappa shape index (κ3) is 2.25. The van der Waals surface area contributed by atoms with Crippen molar-refractivity contribution in [2.24, 2.45) is 0 Å². The molecule has 0 saturated carbocycles. The van der Waals surface area contributed by atoms with Gasteiger partial charge in [0, 0.05) is 27.5 Å². The van der Waals surface area contributed by atoms with Crippen LogP contribution >= 0.6 is 56.8 Å². The maximum atomic E-state index is 10.9. The van der Waals surface area contributed by atoms with Crippen LogP contribution in [-0.2, 0) is 0 Å². The van der Waals surface area contributed by atoms with Crippen LogP contribution in [0.2, 0.25) is 0 Å². The van der Waals surface area contributed by atoms with Crippen LogP contribution in [0.4, 0.5) is 5.13 Å². The number of rotatable bonds is 2. The van der Waals surface area contributed by atoms with E-state index in [9.17, 15) is 4.79 Å². The summed E-state index contributed by atoms with van der Waals surface area (Å²) in [5, 5.41) is 0.781. The fourth-order valence-corrected chi connectivity index (χ4v) is 2.48. The molecule has 3 nitrogen and oxygen atoms in total. The highest BCUT2D eigenvalue weighted by Gasteiger charge is 2.11. The van der Waals surface area contributed by atoms with Crippen LogP contribution in [0, 0.1) is 6.92 Å². The quantitative estimate of drug-likeness (QED) is 0.477. The minimum atomic E-state index is -0.00532. The molecule has 0 amide bonds. The SMILES string of the molecule is Cc1sc(NI)nc1C(=O)I. The molecular formula is C5H4I2N2OS. The van der Waals surface area contributed by atoms with Gasteiger partial charge in [0.15, 0.2) is 5.13 Å². The van der Waals surface area contributed by atoms with Gasteiger partial charge in [-0.1, -0.05) is 0 Å². The molecule has 60 valence electrons. The van der Waals surface area contributed by atoms with Crippen molar-refractivity contribution >= 4 is 65.7 Å². The number of carbonyl (C=O) groups is 1. The summed E-state index contributed by atoms with van der Waals surface area (Å²) in [4.78, 5) is 15.9. The van der Waals surface area contributed by atoms with E-state index in [1.807, 2.05) is 29.8 Å². The first-order valence-electron chi connectivity index (χ1n) is 2.69. The molecule has 1 heterocycles. The van der Waals surface area contributed by atoms with E-state index < -0.39 is 0 Å². The number of aromatic nitrogens is 1. The van der Waals surface area contributed by atoms with E-state index >= 15 is 0 Å². The van der Waals surface area contributed by atoms with E-state index in [0.717, 1.165) is 10.0 Å². The van der Waals surface area contributed by atoms with Crippen molar-refractivity contribution in [1.82, 2.24) is 4.98 Å². The molecule has 1 aromatic heterocycles. The zero-order valence-corrected chi connectivity index (χ0v) is 10.7. The van der Waals surface area contributed by atoms with Gasteiger partial charge < -0.3 is 3.53 Å². The van der Waals surface area contributed by atoms with E-state index in [4.69, 9.17) is 0 Å². The number of thiazole rings is 1. The molecule has 0 fully saturated rings. The molecule has 1 rings (SSSR count). The number of anilines is 1. The van der Waals surface area contributed by atoms with Gasteiger partial charge in [0.1, 0.15) is 5.69 Å². The van der Waals surface area contributed by atoms with Crippen LogP contribution in [0.3, 0.4) is 0 Å². The summed E-state index contributed by atoms with van der Waals surface area (Å²) in [5.74, 6) is 0. The topological polar surface area (TPSA) is 42.0 Å². The first kappa shape index (κ1) is 9.65. The van der Waals surface area contributed by atoms with Crippen molar-refractivity contribution in [3.63, 3.8) is 0 Å². The standard InChI is InChI=1S/C5H4I2N2OS/c1-2-3(4(6)10)8-5(9-7)11-2/h1H3,(H,8,9). The van der Waals surface area contributed by atoms with Gasteiger partial charge in [-0.05, 0) is 6.92 Å². The zero-order chi connectivity index (χ0) is 8.43. The molecule has 0 radical (unpaired) electrons. The first-order valence-corrected chi connectivity index (χ1v) is 5.66. The highest BCUT2D eigenvalue weighted by atomic mass is 127. The Morgan fingerprint density at radius 3 is 2.64 bits per heavy atom. The van der Waals surface area contributed by atoms with Gasteiger partial charge >= 0.3 is 0 Å². The number of hydrogen-bond donors (Lipinski definition) is 1. The summed E-state index contributed by atoms with van der Waals surface area (Å²) in [6.45, 7) is 1.89. The van der Waals surface area contributed by atoms with Crippen LogP contribution in [0.1, 0.15) is 15.4 Å². The van der Waals surface area contributed by atoms with Crippen LogP contribution < -0.4 is 3.53 Å². The molecule has 11 heavy (non-hydrogen) atoms. The molecule has 0 unspecified atom stereocenters. The Kier molecular flexibility index (Phi) is 3.50. The minimum absolute atomic E-state index is 0.00532. The van der Waals surface area contributed by atoms with Gasteiger partial charge in [-0.2, -0.15) is 0 Å². The van der Waals surface area contributed by atoms with Gasteiger partial charge in [0.2, 0.25) is 3.79 Å². The Hall–Kier alpha value is 0.560. The fraction of sp³-hybridized carbons (Fsp3) is 0.200. The molecule has 0 bridgehead atoms. The summed E-state index contributed by atoms with van der Waals surface area (Å²) >= 11 is 5.22. The van der Waals surface area contributed by atoms with E-state index in [1.165, 1.54) is 11.3 Å².